The number of H-pyrrole nitrogens is 1. The highest BCUT2D eigenvalue weighted by Crippen LogP contribution is 2.26. The van der Waals surface area contributed by atoms with Gasteiger partial charge >= 0.3 is 5.97 Å². The molecule has 22 heavy (non-hydrogen) atoms. The van der Waals surface area contributed by atoms with Crippen LogP contribution in [0.1, 0.15) is 42.7 Å². The number of benzene rings is 1. The number of nitrogens with zero attached hydrogens (tertiary/aromatic N) is 2. The van der Waals surface area contributed by atoms with Crippen LogP contribution in [0.15, 0.2) is 18.2 Å². The Hall–Kier alpha value is -2.37. The molecule has 6 heteroatoms. The number of aromatic amines is 1. The van der Waals surface area contributed by atoms with Crippen molar-refractivity contribution in [2.24, 2.45) is 0 Å². The van der Waals surface area contributed by atoms with Crippen LogP contribution in [-0.2, 0) is 4.74 Å². The van der Waals surface area contributed by atoms with Gasteiger partial charge in [-0.2, -0.15) is 10.3 Å². The molecule has 6 nitrogen and oxygen atoms in total. The summed E-state index contributed by atoms with van der Waals surface area (Å²) >= 11 is 0. The molecule has 0 bridgehead atoms. The molecule has 0 aliphatic heterocycles. The molecule has 0 amide bonds. The van der Waals surface area contributed by atoms with Gasteiger partial charge in [-0.1, -0.05) is 13.3 Å². The van der Waals surface area contributed by atoms with Crippen LogP contribution in [0, 0.1) is 6.92 Å². The summed E-state index contributed by atoms with van der Waals surface area (Å²) in [7, 11) is 0. The van der Waals surface area contributed by atoms with Gasteiger partial charge in [0.15, 0.2) is 5.69 Å². The van der Waals surface area contributed by atoms with Crippen LogP contribution in [0.5, 0.6) is 5.75 Å². The van der Waals surface area contributed by atoms with E-state index in [1.165, 1.54) is 0 Å². The predicted molar refractivity (Wildman–Crippen MR) is 82.9 cm³/mol. The number of nitrogens with one attached hydrogen (secondary N) is 1. The summed E-state index contributed by atoms with van der Waals surface area (Å²) in [6, 6.07) is 5.70. The highest BCUT2D eigenvalue weighted by molar-refractivity contribution is 5.93. The third-order valence-electron chi connectivity index (χ3n) is 3.22. The van der Waals surface area contributed by atoms with Gasteiger partial charge in [-0.15, -0.1) is 5.10 Å². The molecule has 118 valence electrons. The normalized spacial score (nSPS) is 10.5. The number of ether oxygens (including phenoxy) is 2. The van der Waals surface area contributed by atoms with E-state index < -0.39 is 5.97 Å². The molecule has 1 aromatic heterocycles. The number of unbranched alkanes of at least 4 members (excludes halogenated alkanes) is 1. The quantitative estimate of drug-likeness (QED) is 0.628. The van der Waals surface area contributed by atoms with Crippen molar-refractivity contribution in [1.82, 2.24) is 15.4 Å². The molecule has 1 aromatic carbocycles. The lowest BCUT2D eigenvalue weighted by molar-refractivity contribution is 0.0520. The van der Waals surface area contributed by atoms with Crippen molar-refractivity contribution in [3.8, 4) is 17.0 Å². The van der Waals surface area contributed by atoms with Crippen LogP contribution in [0.3, 0.4) is 0 Å². The highest BCUT2D eigenvalue weighted by Gasteiger charge is 2.19. The Morgan fingerprint density at radius 1 is 1.27 bits per heavy atom. The minimum absolute atomic E-state index is 0.195. The van der Waals surface area contributed by atoms with Gasteiger partial charge < -0.3 is 9.47 Å². The van der Waals surface area contributed by atoms with Gasteiger partial charge in [-0.05, 0) is 44.0 Å². The van der Waals surface area contributed by atoms with E-state index in [1.54, 1.807) is 6.92 Å². The zero-order valence-corrected chi connectivity index (χ0v) is 13.2. The number of hydrogen-bond donors (Lipinski definition) is 1. The topological polar surface area (TPSA) is 77.1 Å². The smallest absolute Gasteiger partial charge is 0.361 e. The van der Waals surface area contributed by atoms with E-state index in [9.17, 15) is 4.79 Å². The van der Waals surface area contributed by atoms with Crippen molar-refractivity contribution < 1.29 is 14.3 Å². The maximum atomic E-state index is 11.9. The van der Waals surface area contributed by atoms with Crippen LogP contribution in [0.4, 0.5) is 0 Å². The number of carbonyl (C=O) groups is 1. The maximum absolute atomic E-state index is 11.9. The number of carbonyl (C=O) groups excluding carboxylic acids is 1. The Morgan fingerprint density at radius 3 is 2.77 bits per heavy atom. The second-order valence-corrected chi connectivity index (χ2v) is 4.92. The molecule has 1 N–H and O–H groups in total. The van der Waals surface area contributed by atoms with Gasteiger partial charge in [0, 0.05) is 5.56 Å². The molecule has 2 rings (SSSR count). The SMILES string of the molecule is CCCCOc1ccc(-c2n[nH]nc2C(=O)OCC)cc1C. The summed E-state index contributed by atoms with van der Waals surface area (Å²) in [5, 5.41) is 10.4. The molecular weight excluding hydrogens is 282 g/mol. The monoisotopic (exact) mass is 303 g/mol. The van der Waals surface area contributed by atoms with Gasteiger partial charge in [-0.3, -0.25) is 0 Å². The van der Waals surface area contributed by atoms with E-state index in [1.807, 2.05) is 25.1 Å². The van der Waals surface area contributed by atoms with Gasteiger partial charge in [0.1, 0.15) is 11.4 Å². The Morgan fingerprint density at radius 2 is 2.09 bits per heavy atom. The summed E-state index contributed by atoms with van der Waals surface area (Å²) in [5.74, 6) is 0.366. The molecule has 2 aromatic rings. The molecule has 0 aliphatic carbocycles. The molecule has 0 saturated carbocycles. The molecule has 0 saturated heterocycles. The Balaban J connectivity index is 2.22. The maximum Gasteiger partial charge on any atom is 0.361 e. The first-order valence-corrected chi connectivity index (χ1v) is 7.49. The number of rotatable bonds is 7. The summed E-state index contributed by atoms with van der Waals surface area (Å²) in [6.45, 7) is 6.85. The highest BCUT2D eigenvalue weighted by atomic mass is 16.5. The average Bonchev–Trinajstić information content (AvgIpc) is 2.99. The second-order valence-electron chi connectivity index (χ2n) is 4.92. The van der Waals surface area contributed by atoms with Crippen LogP contribution in [-0.4, -0.2) is 34.6 Å². The second kappa shape index (κ2) is 7.59. The summed E-state index contributed by atoms with van der Waals surface area (Å²) in [6.07, 6.45) is 2.12. The molecule has 0 spiro atoms. The summed E-state index contributed by atoms with van der Waals surface area (Å²) in [5.41, 5.74) is 2.48. The summed E-state index contributed by atoms with van der Waals surface area (Å²) in [4.78, 5) is 11.9. The van der Waals surface area contributed by atoms with Crippen molar-refractivity contribution in [2.75, 3.05) is 13.2 Å². The van der Waals surface area contributed by atoms with Gasteiger partial charge in [-0.25, -0.2) is 4.79 Å². The third-order valence-corrected chi connectivity index (χ3v) is 3.22. The van der Waals surface area contributed by atoms with Crippen LogP contribution < -0.4 is 4.74 Å². The lowest BCUT2D eigenvalue weighted by Crippen LogP contribution is -2.07. The number of aromatic nitrogens is 3. The van der Waals surface area contributed by atoms with Crippen molar-refractivity contribution in [2.45, 2.75) is 33.6 Å². The van der Waals surface area contributed by atoms with Crippen molar-refractivity contribution in [1.29, 1.82) is 0 Å². The van der Waals surface area contributed by atoms with E-state index >= 15 is 0 Å². The van der Waals surface area contributed by atoms with Gasteiger partial charge in [0.2, 0.25) is 0 Å². The first kappa shape index (κ1) is 16.0. The van der Waals surface area contributed by atoms with E-state index in [4.69, 9.17) is 9.47 Å². The van der Waals surface area contributed by atoms with Crippen molar-refractivity contribution >= 4 is 5.97 Å². The Labute approximate surface area is 129 Å². The minimum atomic E-state index is -0.479. The van der Waals surface area contributed by atoms with Crippen LogP contribution >= 0.6 is 0 Å². The van der Waals surface area contributed by atoms with E-state index in [0.717, 1.165) is 29.7 Å². The van der Waals surface area contributed by atoms with E-state index in [0.29, 0.717) is 18.9 Å². The lowest BCUT2D eigenvalue weighted by atomic mass is 10.1. The zero-order chi connectivity index (χ0) is 15.9. The first-order chi connectivity index (χ1) is 10.7. The standard InChI is InChI=1S/C16H21N3O3/c1-4-6-9-22-13-8-7-12(10-11(13)3)14-15(18-19-17-14)16(20)21-5-2/h7-8,10H,4-6,9H2,1-3H3,(H,17,18,19). The Kier molecular flexibility index (Phi) is 5.52. The molecule has 0 unspecified atom stereocenters. The number of hydrogen-bond acceptors (Lipinski definition) is 5. The molecule has 0 atom stereocenters. The molecular formula is C16H21N3O3. The van der Waals surface area contributed by atoms with E-state index in [-0.39, 0.29) is 5.69 Å². The van der Waals surface area contributed by atoms with Crippen molar-refractivity contribution in [3.63, 3.8) is 0 Å². The zero-order valence-electron chi connectivity index (χ0n) is 13.2. The first-order valence-electron chi connectivity index (χ1n) is 7.49. The molecule has 0 radical (unpaired) electrons. The fourth-order valence-electron chi connectivity index (χ4n) is 2.06. The van der Waals surface area contributed by atoms with Crippen molar-refractivity contribution in [3.05, 3.63) is 29.5 Å². The van der Waals surface area contributed by atoms with E-state index in [2.05, 4.69) is 22.3 Å². The largest absolute Gasteiger partial charge is 0.493 e. The fraction of sp³-hybridized carbons (Fsp3) is 0.438. The predicted octanol–water partition coefficient (Wildman–Crippen LogP) is 3.14. The van der Waals surface area contributed by atoms with Crippen LogP contribution in [0.25, 0.3) is 11.3 Å². The third kappa shape index (κ3) is 3.63. The van der Waals surface area contributed by atoms with Gasteiger partial charge in [0.25, 0.3) is 0 Å². The fourth-order valence-corrected chi connectivity index (χ4v) is 2.06. The number of esters is 1. The minimum Gasteiger partial charge on any atom is -0.493 e. The van der Waals surface area contributed by atoms with Gasteiger partial charge in [0.05, 0.1) is 13.2 Å². The average molecular weight is 303 g/mol. The Bertz CT molecular complexity index is 637. The molecule has 1 heterocycles. The van der Waals surface area contributed by atoms with Crippen LogP contribution in [0.2, 0.25) is 0 Å². The number of aryl methyl sites for hydroxylation is 1. The molecule has 0 aliphatic rings. The summed E-state index contributed by atoms with van der Waals surface area (Å²) < 4.78 is 10.7. The molecule has 0 fully saturated rings. The lowest BCUT2D eigenvalue weighted by Gasteiger charge is -2.10.